The number of pyridine rings is 1. The average molecular weight is 599 g/mol. The van der Waals surface area contributed by atoms with Crippen LogP contribution in [0, 0.1) is 5.41 Å². The van der Waals surface area contributed by atoms with Crippen LogP contribution in [-0.2, 0) is 0 Å². The molecule has 46 heavy (non-hydrogen) atoms. The van der Waals surface area contributed by atoms with Crippen molar-refractivity contribution in [2.24, 2.45) is 4.99 Å². The van der Waals surface area contributed by atoms with E-state index in [1.807, 2.05) is 109 Å². The molecule has 0 saturated carbocycles. The van der Waals surface area contributed by atoms with Gasteiger partial charge in [-0.1, -0.05) is 171 Å². The van der Waals surface area contributed by atoms with E-state index in [9.17, 15) is 0 Å². The first kappa shape index (κ1) is 25.2. The molecular weight excluding hydrogens is 558 g/mol. The molecule has 0 fully saturated rings. The van der Waals surface area contributed by atoms with E-state index in [2.05, 4.69) is 23.1 Å². The second-order valence-corrected chi connectivity index (χ2v) is 10.1. The molecule has 5 rings (SSSR count). The van der Waals surface area contributed by atoms with E-state index in [1.54, 1.807) is 42.6 Å². The number of nitrogens with one attached hydrogen (secondary N) is 1. The summed E-state index contributed by atoms with van der Waals surface area (Å²) in [6.07, 6.45) is 10.8. The van der Waals surface area contributed by atoms with Crippen LogP contribution in [0.3, 0.4) is 0 Å². The Morgan fingerprint density at radius 1 is 0.630 bits per heavy atom. The fourth-order valence-electron chi connectivity index (χ4n) is 4.37. The van der Waals surface area contributed by atoms with Gasteiger partial charge in [-0.3, -0.25) is 10.4 Å². The molecule has 4 aromatic carbocycles. The summed E-state index contributed by atoms with van der Waals surface area (Å²) in [6.45, 7) is 8.27. The maximum Gasteiger partial charge on any atom is 0.151 e. The van der Waals surface area contributed by atoms with Crippen molar-refractivity contribution in [2.75, 3.05) is 0 Å². The first-order valence-corrected chi connectivity index (χ1v) is 14.6. The standard InChI is InChI=1S/C43H35N3/c1-33(36-14-9-6-4-3-5-7-10-15-36)19-20-34(2)43(44)46-42(40-28-26-38(27-29-40)37-16-11-8-12-17-37)30-23-35-21-24-39(25-22-35)41-18-13-31-45-32-41/h3-32,44H,1-2H2/b4-3?,5-3?,6-4?,7-5?,9-6?,10-7?,14-9?,15-10?,20-19-,30-23+,36-14?,36-15?,44-43?,46-42?/i8D,11D,12D,16D,17D. The number of benzene rings is 3. The fraction of sp³-hybridized carbons (Fsp3) is 0. The largest absolute Gasteiger partial charge is 0.282 e. The van der Waals surface area contributed by atoms with Gasteiger partial charge in [0.1, 0.15) is 0 Å². The lowest BCUT2D eigenvalue weighted by Gasteiger charge is -2.07. The van der Waals surface area contributed by atoms with Crippen molar-refractivity contribution in [1.29, 1.82) is 5.41 Å². The van der Waals surface area contributed by atoms with Gasteiger partial charge in [0.15, 0.2) is 5.84 Å². The Hall–Kier alpha value is -6.19. The van der Waals surface area contributed by atoms with Gasteiger partial charge in [-0.25, -0.2) is 4.99 Å². The van der Waals surface area contributed by atoms with Crippen LogP contribution in [-0.4, -0.2) is 16.5 Å². The molecule has 0 bridgehead atoms. The Kier molecular flexibility index (Phi) is 8.78. The highest BCUT2D eigenvalue weighted by atomic mass is 14.8. The molecule has 0 spiro atoms. The summed E-state index contributed by atoms with van der Waals surface area (Å²) < 4.78 is 40.8. The minimum atomic E-state index is -0.440. The SMILES string of the molecule is [2H]c1c([2H])c([2H])c(-c2ccc(C(/C=C/c3ccc(-c4cccnc4)cc3)=NC(=N)C(=C)/C=C\C(=C)c3ccccccccc3)cc2)c([2H])c1[2H]. The lowest BCUT2D eigenvalue weighted by Crippen LogP contribution is -2.03. The van der Waals surface area contributed by atoms with Gasteiger partial charge < -0.3 is 0 Å². The summed E-state index contributed by atoms with van der Waals surface area (Å²) in [4.78, 5) is 8.85. The molecule has 0 aliphatic heterocycles. The molecule has 0 radical (unpaired) electrons. The van der Waals surface area contributed by atoms with Crippen LogP contribution in [0.1, 0.15) is 23.5 Å². The Bertz CT molecular complexity index is 2180. The lowest BCUT2D eigenvalue weighted by molar-refractivity contribution is 1.33. The molecule has 1 N–H and O–H groups in total. The van der Waals surface area contributed by atoms with Gasteiger partial charge in [0.25, 0.3) is 0 Å². The molecular formula is C43H35N3. The van der Waals surface area contributed by atoms with E-state index in [0.29, 0.717) is 22.4 Å². The Morgan fingerprint density at radius 2 is 1.26 bits per heavy atom. The Balaban J connectivity index is 1.46. The molecule has 3 heteroatoms. The number of nitrogens with zero attached hydrogens (tertiary/aromatic N) is 2. The van der Waals surface area contributed by atoms with Crippen molar-refractivity contribution in [3.63, 3.8) is 0 Å². The highest BCUT2D eigenvalue weighted by molar-refractivity contribution is 6.18. The third-order valence-corrected chi connectivity index (χ3v) is 6.92. The van der Waals surface area contributed by atoms with Gasteiger partial charge in [-0.2, -0.15) is 0 Å². The highest BCUT2D eigenvalue weighted by Crippen LogP contribution is 2.22. The zero-order valence-electron chi connectivity index (χ0n) is 30.2. The van der Waals surface area contributed by atoms with Crippen molar-refractivity contribution in [1.82, 2.24) is 4.98 Å². The molecule has 1 aromatic heterocycles. The van der Waals surface area contributed by atoms with Crippen molar-refractivity contribution in [3.8, 4) is 22.3 Å². The monoisotopic (exact) mass is 598 g/mol. The van der Waals surface area contributed by atoms with Gasteiger partial charge in [0.2, 0.25) is 0 Å². The molecule has 1 heterocycles. The van der Waals surface area contributed by atoms with Crippen LogP contribution < -0.4 is 0 Å². The van der Waals surface area contributed by atoms with E-state index >= 15 is 0 Å². The maximum atomic E-state index is 8.81. The van der Waals surface area contributed by atoms with E-state index in [-0.39, 0.29) is 23.5 Å². The lowest BCUT2D eigenvalue weighted by atomic mass is 10.0. The summed E-state index contributed by atoms with van der Waals surface area (Å²) in [5.74, 6) is -0.0521. The zero-order chi connectivity index (χ0) is 36.3. The number of allylic oxidation sites excluding steroid dienone is 3. The van der Waals surface area contributed by atoms with Crippen LogP contribution in [0.4, 0.5) is 0 Å². The second-order valence-electron chi connectivity index (χ2n) is 10.1. The first-order valence-electron chi connectivity index (χ1n) is 17.1. The van der Waals surface area contributed by atoms with Gasteiger partial charge in [0.05, 0.1) is 12.6 Å². The summed E-state index contributed by atoms with van der Waals surface area (Å²) in [6, 6.07) is 34.5. The Labute approximate surface area is 278 Å². The van der Waals surface area contributed by atoms with Crippen molar-refractivity contribution >= 4 is 23.2 Å². The van der Waals surface area contributed by atoms with Crippen molar-refractivity contribution in [3.05, 3.63) is 212 Å². The van der Waals surface area contributed by atoms with Gasteiger partial charge in [-0.05, 0) is 51.1 Å². The first-order chi connectivity index (χ1) is 24.6. The van der Waals surface area contributed by atoms with Crippen LogP contribution in [0.15, 0.2) is 200 Å². The average Bonchev–Trinajstić information content (AvgIpc) is 3.16. The molecule has 0 aliphatic carbocycles. The zero-order valence-corrected chi connectivity index (χ0v) is 25.2. The molecule has 0 amide bonds. The molecule has 3 nitrogen and oxygen atoms in total. The summed E-state index contributed by atoms with van der Waals surface area (Å²) in [5, 5.41) is 8.81. The van der Waals surface area contributed by atoms with E-state index in [1.165, 1.54) is 0 Å². The fourth-order valence-corrected chi connectivity index (χ4v) is 4.37. The summed E-state index contributed by atoms with van der Waals surface area (Å²) in [5.41, 5.74) is 6.70. The molecule has 0 unspecified atom stereocenters. The molecule has 0 saturated heterocycles. The Morgan fingerprint density at radius 3 is 1.91 bits per heavy atom. The normalized spacial score (nSPS) is 12.8. The van der Waals surface area contributed by atoms with Crippen LogP contribution >= 0.6 is 0 Å². The number of amidine groups is 1. The molecule has 222 valence electrons. The van der Waals surface area contributed by atoms with Gasteiger partial charge >= 0.3 is 0 Å². The smallest absolute Gasteiger partial charge is 0.151 e. The van der Waals surface area contributed by atoms with Crippen molar-refractivity contribution in [2.45, 2.75) is 0 Å². The topological polar surface area (TPSA) is 49.1 Å². The predicted molar refractivity (Wildman–Crippen MR) is 196 cm³/mol. The quantitative estimate of drug-likeness (QED) is 0.102. The minimum absolute atomic E-state index is 0.0521. The number of hydrogen-bond donors (Lipinski definition) is 1. The second kappa shape index (κ2) is 16.0. The maximum absolute atomic E-state index is 8.81. The third kappa shape index (κ3) is 8.91. The predicted octanol–water partition coefficient (Wildman–Crippen LogP) is 10.8. The number of aromatic nitrogens is 1. The third-order valence-electron chi connectivity index (χ3n) is 6.92. The molecule has 0 atom stereocenters. The van der Waals surface area contributed by atoms with Crippen LogP contribution in [0.5, 0.6) is 0 Å². The number of rotatable bonds is 9. The molecule has 5 aromatic rings. The van der Waals surface area contributed by atoms with Crippen LogP contribution in [0.2, 0.25) is 0 Å². The van der Waals surface area contributed by atoms with Gasteiger partial charge in [-0.15, -0.1) is 0 Å². The van der Waals surface area contributed by atoms with Crippen molar-refractivity contribution < 1.29 is 6.85 Å². The van der Waals surface area contributed by atoms with Crippen LogP contribution in [0.25, 0.3) is 33.9 Å². The van der Waals surface area contributed by atoms with E-state index < -0.39 is 18.1 Å². The summed E-state index contributed by atoms with van der Waals surface area (Å²) in [7, 11) is 0. The molecule has 0 aliphatic rings. The van der Waals surface area contributed by atoms with Gasteiger partial charge in [0, 0.05) is 23.5 Å². The minimum Gasteiger partial charge on any atom is -0.282 e. The van der Waals surface area contributed by atoms with E-state index in [0.717, 1.165) is 27.8 Å². The highest BCUT2D eigenvalue weighted by Gasteiger charge is 2.06. The summed E-state index contributed by atoms with van der Waals surface area (Å²) >= 11 is 0. The number of aliphatic imine (C=N–C) groups is 1. The van der Waals surface area contributed by atoms with E-state index in [4.69, 9.17) is 12.3 Å². The number of hydrogen-bond acceptors (Lipinski definition) is 2.